The molecule has 2 saturated heterocycles. The van der Waals surface area contributed by atoms with Crippen LogP contribution in [0.2, 0.25) is 5.02 Å². The van der Waals surface area contributed by atoms with E-state index in [4.69, 9.17) is 21.4 Å². The van der Waals surface area contributed by atoms with E-state index in [1.54, 1.807) is 12.1 Å². The van der Waals surface area contributed by atoms with Crippen LogP contribution < -0.4 is 4.90 Å². The Kier molecular flexibility index (Phi) is 3.68. The van der Waals surface area contributed by atoms with Crippen LogP contribution in [-0.4, -0.2) is 35.7 Å². The van der Waals surface area contributed by atoms with E-state index < -0.39 is 12.2 Å². The Bertz CT molecular complexity index is 654. The van der Waals surface area contributed by atoms with Gasteiger partial charge in [0.15, 0.2) is 0 Å². The average Bonchev–Trinajstić information content (AvgIpc) is 2.92. The zero-order chi connectivity index (χ0) is 15.0. The minimum Gasteiger partial charge on any atom is -0.384 e. The topological polar surface area (TPSA) is 66.8 Å². The minimum absolute atomic E-state index is 0.307. The predicted octanol–water partition coefficient (Wildman–Crippen LogP) is 1.10. The molecule has 108 valence electrons. The number of fused-ring (bicyclic) bond motifs is 2. The van der Waals surface area contributed by atoms with Gasteiger partial charge in [-0.15, -0.1) is 0 Å². The van der Waals surface area contributed by atoms with Crippen LogP contribution in [0.5, 0.6) is 0 Å². The molecule has 2 heterocycles. The number of benzene rings is 1. The molecule has 21 heavy (non-hydrogen) atoms. The largest absolute Gasteiger partial charge is 0.384 e. The summed E-state index contributed by atoms with van der Waals surface area (Å²) in [5.41, 5.74) is 0.815. The fourth-order valence-corrected chi connectivity index (χ4v) is 2.73. The summed E-state index contributed by atoms with van der Waals surface area (Å²) in [5, 5.41) is 9.22. The highest BCUT2D eigenvalue weighted by Gasteiger charge is 2.47. The van der Waals surface area contributed by atoms with Crippen molar-refractivity contribution in [1.29, 1.82) is 0 Å². The number of anilines is 1. The summed E-state index contributed by atoms with van der Waals surface area (Å²) in [5.74, 6) is 4.47. The van der Waals surface area contributed by atoms with Crippen molar-refractivity contribution in [2.45, 2.75) is 25.0 Å². The minimum atomic E-state index is -0.578. The zero-order valence-corrected chi connectivity index (χ0v) is 11.8. The van der Waals surface area contributed by atoms with Crippen LogP contribution in [-0.2, 0) is 14.3 Å². The highest BCUT2D eigenvalue weighted by Crippen LogP contribution is 2.34. The second kappa shape index (κ2) is 5.49. The number of aliphatic hydroxyl groups is 1. The molecule has 0 spiro atoms. The summed E-state index contributed by atoms with van der Waals surface area (Å²) in [6.07, 6.45) is -0.0656. The molecule has 2 atom stereocenters. The molecule has 2 aliphatic heterocycles. The van der Waals surface area contributed by atoms with Crippen molar-refractivity contribution >= 4 is 29.1 Å². The standard InChI is InChI=1S/C15H12ClNO4/c16-10-4-3-9(2-1-7-18)11(8-10)17-14(19)12-5-6-13(21-12)15(17)20/h3-4,8,12-13,18H,5-7H2. The van der Waals surface area contributed by atoms with Crippen molar-refractivity contribution < 1.29 is 19.4 Å². The molecule has 0 aromatic heterocycles. The molecule has 2 bridgehead atoms. The van der Waals surface area contributed by atoms with Gasteiger partial charge in [-0.3, -0.25) is 9.59 Å². The first-order valence-electron chi connectivity index (χ1n) is 6.54. The smallest absolute Gasteiger partial charge is 0.263 e. The molecule has 1 aromatic rings. The number of imide groups is 1. The maximum atomic E-state index is 12.4. The summed E-state index contributed by atoms with van der Waals surface area (Å²) in [6.45, 7) is -0.307. The maximum Gasteiger partial charge on any atom is 0.263 e. The summed E-state index contributed by atoms with van der Waals surface area (Å²) >= 11 is 5.98. The van der Waals surface area contributed by atoms with E-state index in [0.29, 0.717) is 29.1 Å². The normalized spacial score (nSPS) is 24.0. The van der Waals surface area contributed by atoms with Crippen LogP contribution >= 0.6 is 11.6 Å². The Labute approximate surface area is 126 Å². The van der Waals surface area contributed by atoms with Crippen LogP contribution in [0.4, 0.5) is 5.69 Å². The van der Waals surface area contributed by atoms with Gasteiger partial charge in [-0.2, -0.15) is 0 Å². The highest BCUT2D eigenvalue weighted by molar-refractivity contribution is 6.31. The molecule has 0 aliphatic carbocycles. The van der Waals surface area contributed by atoms with Crippen molar-refractivity contribution in [1.82, 2.24) is 0 Å². The summed E-state index contributed by atoms with van der Waals surface area (Å²) in [4.78, 5) is 25.9. The molecule has 2 fully saturated rings. The first-order valence-corrected chi connectivity index (χ1v) is 6.92. The highest BCUT2D eigenvalue weighted by atomic mass is 35.5. The fraction of sp³-hybridized carbons (Fsp3) is 0.333. The predicted molar refractivity (Wildman–Crippen MR) is 75.8 cm³/mol. The van der Waals surface area contributed by atoms with Crippen molar-refractivity contribution in [3.8, 4) is 11.8 Å². The van der Waals surface area contributed by atoms with Gasteiger partial charge in [0.2, 0.25) is 0 Å². The van der Waals surface area contributed by atoms with E-state index in [1.807, 2.05) is 0 Å². The van der Waals surface area contributed by atoms with Crippen LogP contribution in [0.15, 0.2) is 18.2 Å². The van der Waals surface area contributed by atoms with Gasteiger partial charge >= 0.3 is 0 Å². The Hall–Kier alpha value is -1.87. The molecule has 5 nitrogen and oxygen atoms in total. The molecule has 1 aromatic carbocycles. The Morgan fingerprint density at radius 3 is 2.57 bits per heavy atom. The Morgan fingerprint density at radius 1 is 1.29 bits per heavy atom. The third kappa shape index (κ3) is 2.42. The van der Waals surface area contributed by atoms with Crippen molar-refractivity contribution in [3.05, 3.63) is 28.8 Å². The first-order chi connectivity index (χ1) is 10.1. The van der Waals surface area contributed by atoms with Gasteiger partial charge in [0, 0.05) is 10.6 Å². The number of halogens is 1. The number of nitrogens with zero attached hydrogens (tertiary/aromatic N) is 1. The van der Waals surface area contributed by atoms with Crippen LogP contribution in [0, 0.1) is 11.8 Å². The second-order valence-electron chi connectivity index (χ2n) is 4.82. The van der Waals surface area contributed by atoms with Gasteiger partial charge < -0.3 is 9.84 Å². The average molecular weight is 306 g/mol. The number of ether oxygens (including phenoxy) is 1. The van der Waals surface area contributed by atoms with Gasteiger partial charge in [0.25, 0.3) is 11.8 Å². The molecule has 6 heteroatoms. The molecule has 0 radical (unpaired) electrons. The van der Waals surface area contributed by atoms with Crippen molar-refractivity contribution in [3.63, 3.8) is 0 Å². The van der Waals surface area contributed by atoms with E-state index in [-0.39, 0.29) is 18.4 Å². The van der Waals surface area contributed by atoms with E-state index in [9.17, 15) is 9.59 Å². The molecule has 2 aliphatic rings. The lowest BCUT2D eigenvalue weighted by molar-refractivity contribution is -0.146. The Morgan fingerprint density at radius 2 is 1.95 bits per heavy atom. The van der Waals surface area contributed by atoms with E-state index in [1.165, 1.54) is 6.07 Å². The van der Waals surface area contributed by atoms with Crippen molar-refractivity contribution in [2.24, 2.45) is 0 Å². The SMILES string of the molecule is O=C1C2CCC(O2)C(=O)N1c1cc(Cl)ccc1C#CCO. The van der Waals surface area contributed by atoms with E-state index in [0.717, 1.165) is 4.90 Å². The van der Waals surface area contributed by atoms with Crippen LogP contribution in [0.25, 0.3) is 0 Å². The van der Waals surface area contributed by atoms with Gasteiger partial charge in [0.1, 0.15) is 18.8 Å². The van der Waals surface area contributed by atoms with Gasteiger partial charge in [0.05, 0.1) is 5.69 Å². The number of hydrogen-bond acceptors (Lipinski definition) is 4. The zero-order valence-electron chi connectivity index (χ0n) is 11.0. The maximum absolute atomic E-state index is 12.4. The van der Waals surface area contributed by atoms with Gasteiger partial charge in [-0.25, -0.2) is 4.90 Å². The number of amides is 2. The lowest BCUT2D eigenvalue weighted by Crippen LogP contribution is -2.52. The lowest BCUT2D eigenvalue weighted by Gasteiger charge is -2.30. The molecular weight excluding hydrogens is 294 g/mol. The van der Waals surface area contributed by atoms with E-state index in [2.05, 4.69) is 11.8 Å². The van der Waals surface area contributed by atoms with Crippen LogP contribution in [0.1, 0.15) is 18.4 Å². The summed E-state index contributed by atoms with van der Waals surface area (Å²) < 4.78 is 5.38. The summed E-state index contributed by atoms with van der Waals surface area (Å²) in [7, 11) is 0. The third-order valence-electron chi connectivity index (χ3n) is 3.51. The van der Waals surface area contributed by atoms with Gasteiger partial charge in [-0.1, -0.05) is 23.4 Å². The molecule has 2 unspecified atom stereocenters. The van der Waals surface area contributed by atoms with Gasteiger partial charge in [-0.05, 0) is 31.0 Å². The van der Waals surface area contributed by atoms with Crippen LogP contribution in [0.3, 0.4) is 0 Å². The lowest BCUT2D eigenvalue weighted by atomic mass is 10.1. The first kappa shape index (κ1) is 14.1. The molecular formula is C15H12ClNO4. The number of hydrogen-bond donors (Lipinski definition) is 1. The second-order valence-corrected chi connectivity index (χ2v) is 5.26. The molecule has 1 N–H and O–H groups in total. The number of rotatable bonds is 1. The molecule has 0 saturated carbocycles. The summed E-state index contributed by atoms with van der Waals surface area (Å²) in [6, 6.07) is 4.78. The number of aliphatic hydroxyl groups excluding tert-OH is 1. The quantitative estimate of drug-likeness (QED) is 0.623. The fourth-order valence-electron chi connectivity index (χ4n) is 2.56. The number of carbonyl (C=O) groups is 2. The monoisotopic (exact) mass is 305 g/mol. The third-order valence-corrected chi connectivity index (χ3v) is 3.75. The van der Waals surface area contributed by atoms with Crippen molar-refractivity contribution in [2.75, 3.05) is 11.5 Å². The molecule has 2 amide bonds. The number of carbonyl (C=O) groups excluding carboxylic acids is 2. The Balaban J connectivity index is 2.08. The molecule has 3 rings (SSSR count). The van der Waals surface area contributed by atoms with E-state index >= 15 is 0 Å². The number of morpholine rings is 1.